The molecule has 5 heteroatoms. The third-order valence-electron chi connectivity index (χ3n) is 2.77. The molecule has 0 radical (unpaired) electrons. The Labute approximate surface area is 98.8 Å². The number of aromatic nitrogens is 2. The maximum absolute atomic E-state index is 13.9. The highest BCUT2D eigenvalue weighted by molar-refractivity contribution is 5.78. The Morgan fingerprint density at radius 2 is 2.06 bits per heavy atom. The molecule has 0 fully saturated rings. The van der Waals surface area contributed by atoms with Crippen LogP contribution in [0.25, 0.3) is 11.1 Å². The van der Waals surface area contributed by atoms with Crippen molar-refractivity contribution in [1.29, 1.82) is 0 Å². The number of rotatable bonds is 2. The molecule has 0 atom stereocenters. The summed E-state index contributed by atoms with van der Waals surface area (Å²) in [5, 5.41) is 4.03. The highest BCUT2D eigenvalue weighted by Gasteiger charge is 2.17. The quantitative estimate of drug-likeness (QED) is 0.867. The average molecular weight is 235 g/mol. The van der Waals surface area contributed by atoms with Crippen molar-refractivity contribution in [3.05, 3.63) is 29.7 Å². The van der Waals surface area contributed by atoms with Crippen molar-refractivity contribution in [3.63, 3.8) is 0 Å². The summed E-state index contributed by atoms with van der Waals surface area (Å²) in [6.45, 7) is 1.69. The van der Waals surface area contributed by atoms with Gasteiger partial charge in [0.15, 0.2) is 11.6 Å². The van der Waals surface area contributed by atoms with E-state index in [9.17, 15) is 4.39 Å². The van der Waals surface area contributed by atoms with Gasteiger partial charge in [0.1, 0.15) is 5.82 Å². The average Bonchev–Trinajstić information content (AvgIpc) is 2.64. The Morgan fingerprint density at radius 3 is 2.59 bits per heavy atom. The molecule has 90 valence electrons. The minimum atomic E-state index is -0.367. The summed E-state index contributed by atoms with van der Waals surface area (Å²) in [6.07, 6.45) is 1.60. The number of nitrogens with two attached hydrogens (primary N) is 1. The van der Waals surface area contributed by atoms with Gasteiger partial charge in [0.2, 0.25) is 0 Å². The molecule has 0 aliphatic heterocycles. The van der Waals surface area contributed by atoms with Crippen LogP contribution >= 0.6 is 0 Å². The fourth-order valence-corrected chi connectivity index (χ4v) is 1.72. The highest BCUT2D eigenvalue weighted by atomic mass is 19.1. The summed E-state index contributed by atoms with van der Waals surface area (Å²) < 4.78 is 20.5. The van der Waals surface area contributed by atoms with E-state index in [-0.39, 0.29) is 11.6 Å². The standard InChI is InChI=1S/C12H14FN3O/c1-7-4-5-8(11(17-3)10(7)13)9-6-15-16(2)12(9)14/h4-6H,14H2,1-3H3. The lowest BCUT2D eigenvalue weighted by atomic mass is 10.0. The lowest BCUT2D eigenvalue weighted by Crippen LogP contribution is -1.99. The first kappa shape index (κ1) is 11.4. The Balaban J connectivity index is 2.68. The molecule has 0 unspecified atom stereocenters. The fraction of sp³-hybridized carbons (Fsp3) is 0.250. The lowest BCUT2D eigenvalue weighted by molar-refractivity contribution is 0.387. The van der Waals surface area contributed by atoms with E-state index in [1.165, 1.54) is 11.8 Å². The van der Waals surface area contributed by atoms with Crippen molar-refractivity contribution < 1.29 is 9.13 Å². The number of hydrogen-bond donors (Lipinski definition) is 1. The van der Waals surface area contributed by atoms with Gasteiger partial charge in [0.25, 0.3) is 0 Å². The lowest BCUT2D eigenvalue weighted by Gasteiger charge is -2.10. The van der Waals surface area contributed by atoms with Crippen LogP contribution in [-0.4, -0.2) is 16.9 Å². The molecule has 4 nitrogen and oxygen atoms in total. The molecular weight excluding hydrogens is 221 g/mol. The van der Waals surface area contributed by atoms with Crippen molar-refractivity contribution in [3.8, 4) is 16.9 Å². The second kappa shape index (κ2) is 4.08. The molecular formula is C12H14FN3O. The largest absolute Gasteiger partial charge is 0.493 e. The van der Waals surface area contributed by atoms with Gasteiger partial charge in [-0.15, -0.1) is 0 Å². The second-order valence-electron chi connectivity index (χ2n) is 3.84. The van der Waals surface area contributed by atoms with E-state index in [0.717, 1.165) is 0 Å². The molecule has 1 aromatic heterocycles. The molecule has 2 rings (SSSR count). The minimum Gasteiger partial charge on any atom is -0.493 e. The molecule has 1 heterocycles. The van der Waals surface area contributed by atoms with Gasteiger partial charge in [0.05, 0.1) is 13.3 Å². The molecule has 0 spiro atoms. The molecule has 1 aromatic carbocycles. The van der Waals surface area contributed by atoms with E-state index in [0.29, 0.717) is 22.5 Å². The van der Waals surface area contributed by atoms with E-state index >= 15 is 0 Å². The smallest absolute Gasteiger partial charge is 0.168 e. The Hall–Kier alpha value is -2.04. The van der Waals surface area contributed by atoms with Gasteiger partial charge >= 0.3 is 0 Å². The van der Waals surface area contributed by atoms with Gasteiger partial charge in [-0.05, 0) is 18.6 Å². The number of aryl methyl sites for hydroxylation is 2. The van der Waals surface area contributed by atoms with Crippen molar-refractivity contribution in [2.75, 3.05) is 12.8 Å². The van der Waals surface area contributed by atoms with Crippen molar-refractivity contribution in [2.45, 2.75) is 6.92 Å². The van der Waals surface area contributed by atoms with Crippen LogP contribution in [0, 0.1) is 12.7 Å². The van der Waals surface area contributed by atoms with Crippen LogP contribution in [0.1, 0.15) is 5.56 Å². The monoisotopic (exact) mass is 235 g/mol. The number of benzene rings is 1. The Bertz CT molecular complexity index is 563. The van der Waals surface area contributed by atoms with Crippen LogP contribution in [0.15, 0.2) is 18.3 Å². The maximum Gasteiger partial charge on any atom is 0.168 e. The number of ether oxygens (including phenoxy) is 1. The van der Waals surface area contributed by atoms with Crippen LogP contribution < -0.4 is 10.5 Å². The first-order valence-electron chi connectivity index (χ1n) is 5.17. The minimum absolute atomic E-state index is 0.199. The summed E-state index contributed by atoms with van der Waals surface area (Å²) in [4.78, 5) is 0. The first-order valence-corrected chi connectivity index (χ1v) is 5.17. The SMILES string of the molecule is COc1c(-c2cnn(C)c2N)ccc(C)c1F. The number of halogens is 1. The molecule has 0 bridgehead atoms. The van der Waals surface area contributed by atoms with Gasteiger partial charge in [-0.2, -0.15) is 5.10 Å². The van der Waals surface area contributed by atoms with E-state index in [4.69, 9.17) is 10.5 Å². The zero-order valence-electron chi connectivity index (χ0n) is 9.99. The molecule has 0 aliphatic carbocycles. The van der Waals surface area contributed by atoms with E-state index in [1.807, 2.05) is 0 Å². The molecule has 0 aliphatic rings. The second-order valence-corrected chi connectivity index (χ2v) is 3.84. The predicted molar refractivity (Wildman–Crippen MR) is 64.3 cm³/mol. The Kier molecular flexibility index (Phi) is 2.75. The van der Waals surface area contributed by atoms with E-state index in [1.54, 1.807) is 32.3 Å². The van der Waals surface area contributed by atoms with Gasteiger partial charge in [-0.1, -0.05) is 6.07 Å². The summed E-state index contributed by atoms with van der Waals surface area (Å²) in [6, 6.07) is 3.48. The molecule has 2 N–H and O–H groups in total. The normalized spacial score (nSPS) is 10.6. The van der Waals surface area contributed by atoms with E-state index < -0.39 is 0 Å². The number of hydrogen-bond acceptors (Lipinski definition) is 3. The Morgan fingerprint density at radius 1 is 1.35 bits per heavy atom. The highest BCUT2D eigenvalue weighted by Crippen LogP contribution is 2.36. The van der Waals surface area contributed by atoms with Crippen molar-refractivity contribution in [1.82, 2.24) is 9.78 Å². The van der Waals surface area contributed by atoms with Gasteiger partial charge in [0, 0.05) is 18.2 Å². The summed E-state index contributed by atoms with van der Waals surface area (Å²) >= 11 is 0. The van der Waals surface area contributed by atoms with Gasteiger partial charge in [-0.25, -0.2) is 4.39 Å². The van der Waals surface area contributed by atoms with Crippen molar-refractivity contribution in [2.24, 2.45) is 7.05 Å². The maximum atomic E-state index is 13.9. The summed E-state index contributed by atoms with van der Waals surface area (Å²) in [7, 11) is 3.17. The summed E-state index contributed by atoms with van der Waals surface area (Å²) in [5.74, 6) is 0.310. The van der Waals surface area contributed by atoms with Crippen LogP contribution in [0.3, 0.4) is 0 Å². The fourth-order valence-electron chi connectivity index (χ4n) is 1.72. The van der Waals surface area contributed by atoms with Crippen LogP contribution in [-0.2, 0) is 7.05 Å². The topological polar surface area (TPSA) is 53.1 Å². The molecule has 2 aromatic rings. The number of nitrogens with zero attached hydrogens (tertiary/aromatic N) is 2. The first-order chi connectivity index (χ1) is 8.06. The van der Waals surface area contributed by atoms with Gasteiger partial charge < -0.3 is 10.5 Å². The summed E-state index contributed by atoms with van der Waals surface area (Å²) in [5.41, 5.74) is 7.69. The van der Waals surface area contributed by atoms with Crippen LogP contribution in [0.5, 0.6) is 5.75 Å². The molecule has 0 saturated carbocycles. The molecule has 0 amide bonds. The number of anilines is 1. The third kappa shape index (κ3) is 1.73. The van der Waals surface area contributed by atoms with Gasteiger partial charge in [-0.3, -0.25) is 4.68 Å². The molecule has 17 heavy (non-hydrogen) atoms. The van der Waals surface area contributed by atoms with Crippen LogP contribution in [0.4, 0.5) is 10.2 Å². The number of nitrogen functional groups attached to an aromatic ring is 1. The molecule has 0 saturated heterocycles. The predicted octanol–water partition coefficient (Wildman–Crippen LogP) is 2.13. The zero-order chi connectivity index (χ0) is 12.6. The van der Waals surface area contributed by atoms with Crippen LogP contribution in [0.2, 0.25) is 0 Å². The third-order valence-corrected chi connectivity index (χ3v) is 2.77. The zero-order valence-corrected chi connectivity index (χ0v) is 9.99. The van der Waals surface area contributed by atoms with E-state index in [2.05, 4.69) is 5.10 Å². The van der Waals surface area contributed by atoms with Crippen molar-refractivity contribution >= 4 is 5.82 Å². The number of methoxy groups -OCH3 is 1.